The molecular formula is C22H27IN2O2. The number of para-hydroxylation sites is 1. The van der Waals surface area contributed by atoms with E-state index in [0.717, 1.165) is 43.5 Å². The molecule has 0 aliphatic rings. The van der Waals surface area contributed by atoms with Crippen molar-refractivity contribution in [2.45, 2.75) is 53.9 Å². The van der Waals surface area contributed by atoms with Crippen LogP contribution in [-0.4, -0.2) is 5.91 Å². The Morgan fingerprint density at radius 2 is 1.78 bits per heavy atom. The highest BCUT2D eigenvalue weighted by atomic mass is 127. The van der Waals surface area contributed by atoms with Gasteiger partial charge in [0.2, 0.25) is 5.69 Å². The topological polar surface area (TPSA) is 56.0 Å². The Labute approximate surface area is 175 Å². The van der Waals surface area contributed by atoms with E-state index in [4.69, 9.17) is 0 Å². The summed E-state index contributed by atoms with van der Waals surface area (Å²) in [5, 5.41) is 15.7. The van der Waals surface area contributed by atoms with Crippen molar-refractivity contribution in [3.8, 4) is 0 Å². The summed E-state index contributed by atoms with van der Waals surface area (Å²) >= 11 is 2.20. The zero-order valence-corrected chi connectivity index (χ0v) is 18.8. The molecule has 1 aromatic carbocycles. The van der Waals surface area contributed by atoms with Crippen LogP contribution >= 0.6 is 22.6 Å². The first-order valence-corrected chi connectivity index (χ1v) is 10.4. The first kappa shape index (κ1) is 21.4. The average Bonchev–Trinajstić information content (AvgIpc) is 2.66. The Morgan fingerprint density at radius 1 is 1.19 bits per heavy atom. The molecule has 0 radical (unpaired) electrons. The van der Waals surface area contributed by atoms with Crippen molar-refractivity contribution < 1.29 is 9.52 Å². The molecule has 0 spiro atoms. The molecular weight excluding hydrogens is 451 g/mol. The van der Waals surface area contributed by atoms with Gasteiger partial charge in [-0.1, -0.05) is 44.2 Å². The second-order valence-corrected chi connectivity index (χ2v) is 7.60. The summed E-state index contributed by atoms with van der Waals surface area (Å²) in [7, 11) is 0. The molecule has 1 aromatic heterocycles. The number of benzene rings is 1. The van der Waals surface area contributed by atoms with E-state index in [1.165, 1.54) is 0 Å². The van der Waals surface area contributed by atoms with E-state index in [2.05, 4.69) is 41.8 Å². The predicted molar refractivity (Wildman–Crippen MR) is 119 cm³/mol. The maximum Gasteiger partial charge on any atom is 0.263 e. The third-order valence-electron chi connectivity index (χ3n) is 4.91. The molecule has 1 N–H and O–H groups in total. The highest BCUT2D eigenvalue weighted by Gasteiger charge is 2.26. The molecule has 0 aliphatic heterocycles. The summed E-state index contributed by atoms with van der Waals surface area (Å²) in [5.41, 5.74) is 5.52. The molecule has 2 rings (SSSR count). The van der Waals surface area contributed by atoms with Gasteiger partial charge in [-0.2, -0.15) is 4.73 Å². The predicted octanol–water partition coefficient (Wildman–Crippen LogP) is 5.04. The molecule has 5 heteroatoms. The number of rotatable bonds is 6. The van der Waals surface area contributed by atoms with Crippen molar-refractivity contribution >= 4 is 34.2 Å². The maximum atomic E-state index is 13.2. The van der Waals surface area contributed by atoms with E-state index in [0.29, 0.717) is 23.4 Å². The second kappa shape index (κ2) is 9.35. The fourth-order valence-corrected chi connectivity index (χ4v) is 4.51. The van der Waals surface area contributed by atoms with E-state index < -0.39 is 0 Å². The van der Waals surface area contributed by atoms with Gasteiger partial charge in [0, 0.05) is 28.7 Å². The van der Waals surface area contributed by atoms with E-state index in [1.807, 2.05) is 44.2 Å². The maximum absolute atomic E-state index is 13.2. The number of hydrogen-bond donors (Lipinski definition) is 1. The number of halogens is 1. The van der Waals surface area contributed by atoms with Crippen LogP contribution in [0.15, 0.2) is 30.4 Å². The van der Waals surface area contributed by atoms with Crippen LogP contribution in [0.3, 0.4) is 0 Å². The van der Waals surface area contributed by atoms with Crippen LogP contribution in [-0.2, 0) is 19.3 Å². The molecule has 27 heavy (non-hydrogen) atoms. The number of nitrogens with zero attached hydrogens (tertiary/aromatic N) is 1. The highest BCUT2D eigenvalue weighted by molar-refractivity contribution is 14.1. The Balaban J connectivity index is 2.56. The number of hydrogen-bond acceptors (Lipinski definition) is 2. The zero-order chi connectivity index (χ0) is 20.1. The Morgan fingerprint density at radius 3 is 2.30 bits per heavy atom. The van der Waals surface area contributed by atoms with E-state index in [9.17, 15) is 10.0 Å². The number of amides is 1. The lowest BCUT2D eigenvalue weighted by molar-refractivity contribution is -0.619. The number of pyridine rings is 1. The summed E-state index contributed by atoms with van der Waals surface area (Å²) < 4.78 is 1.72. The van der Waals surface area contributed by atoms with Gasteiger partial charge in [-0.15, -0.1) is 0 Å². The summed E-state index contributed by atoms with van der Waals surface area (Å²) in [6.07, 6.45) is 6.26. The summed E-state index contributed by atoms with van der Waals surface area (Å²) in [4.78, 5) is 13.2. The molecule has 0 aliphatic carbocycles. The van der Waals surface area contributed by atoms with Crippen molar-refractivity contribution in [1.82, 2.24) is 0 Å². The Hall–Kier alpha value is -1.89. The van der Waals surface area contributed by atoms with Crippen LogP contribution in [0.5, 0.6) is 0 Å². The quantitative estimate of drug-likeness (QED) is 0.274. The normalized spacial score (nSPS) is 11.2. The minimum absolute atomic E-state index is 0.223. The van der Waals surface area contributed by atoms with Crippen LogP contribution in [0.25, 0.3) is 0 Å². The van der Waals surface area contributed by atoms with Gasteiger partial charge < -0.3 is 10.5 Å². The third-order valence-corrected chi connectivity index (χ3v) is 6.10. The Kier molecular flexibility index (Phi) is 7.41. The number of carbonyl (C=O) groups excluding carboxylic acids is 1. The van der Waals surface area contributed by atoms with Gasteiger partial charge in [0.1, 0.15) is 5.56 Å². The monoisotopic (exact) mass is 478 g/mol. The molecule has 1 amide bonds. The van der Waals surface area contributed by atoms with Crippen molar-refractivity contribution in [3.05, 3.63) is 72.8 Å². The number of allylic oxidation sites excluding steroid dienone is 2. The SMILES string of the molecule is CC=CCc1c(I)c(C(=O)Nc2c(CC)cccc2CC)c(C)[n+]([O-])c1C. The van der Waals surface area contributed by atoms with Crippen LogP contribution in [0.4, 0.5) is 5.69 Å². The number of aryl methyl sites for hydroxylation is 2. The molecule has 0 atom stereocenters. The lowest BCUT2D eigenvalue weighted by atomic mass is 10.0. The molecule has 4 nitrogen and oxygen atoms in total. The summed E-state index contributed by atoms with van der Waals surface area (Å²) in [5.74, 6) is -0.223. The van der Waals surface area contributed by atoms with E-state index in [1.54, 1.807) is 6.92 Å². The first-order valence-electron chi connectivity index (χ1n) is 9.31. The summed E-state index contributed by atoms with van der Waals surface area (Å²) in [6.45, 7) is 9.62. The largest absolute Gasteiger partial charge is 0.618 e. The third kappa shape index (κ3) is 4.34. The van der Waals surface area contributed by atoms with E-state index >= 15 is 0 Å². The number of aromatic nitrogens is 1. The van der Waals surface area contributed by atoms with Gasteiger partial charge in [0.05, 0.1) is 0 Å². The van der Waals surface area contributed by atoms with Gasteiger partial charge in [-0.3, -0.25) is 4.79 Å². The van der Waals surface area contributed by atoms with Crippen LogP contribution in [0, 0.1) is 22.6 Å². The first-order chi connectivity index (χ1) is 12.9. The van der Waals surface area contributed by atoms with Crippen LogP contribution < -0.4 is 10.0 Å². The lowest BCUT2D eigenvalue weighted by Crippen LogP contribution is -2.39. The molecule has 0 unspecified atom stereocenters. The second-order valence-electron chi connectivity index (χ2n) is 6.52. The lowest BCUT2D eigenvalue weighted by Gasteiger charge is -2.18. The molecule has 2 aromatic rings. The minimum atomic E-state index is -0.223. The van der Waals surface area contributed by atoms with Gasteiger partial charge >= 0.3 is 0 Å². The van der Waals surface area contributed by atoms with Gasteiger partial charge in [0.25, 0.3) is 5.91 Å². The molecule has 0 fully saturated rings. The number of carbonyl (C=O) groups is 1. The molecule has 0 bridgehead atoms. The smallest absolute Gasteiger partial charge is 0.263 e. The number of nitrogens with one attached hydrogen (secondary N) is 1. The molecule has 0 saturated heterocycles. The van der Waals surface area contributed by atoms with Gasteiger partial charge in [-0.05, 0) is 59.9 Å². The molecule has 0 saturated carbocycles. The molecule has 1 heterocycles. The van der Waals surface area contributed by atoms with Crippen molar-refractivity contribution in [3.63, 3.8) is 0 Å². The van der Waals surface area contributed by atoms with Gasteiger partial charge in [-0.25, -0.2) is 0 Å². The highest BCUT2D eigenvalue weighted by Crippen LogP contribution is 2.26. The van der Waals surface area contributed by atoms with Crippen LogP contribution in [0.1, 0.15) is 59.2 Å². The zero-order valence-electron chi connectivity index (χ0n) is 16.6. The van der Waals surface area contributed by atoms with Crippen molar-refractivity contribution in [1.29, 1.82) is 0 Å². The fraction of sp³-hybridized carbons (Fsp3) is 0.364. The van der Waals surface area contributed by atoms with Gasteiger partial charge in [0.15, 0.2) is 5.69 Å². The fourth-order valence-electron chi connectivity index (χ4n) is 3.26. The van der Waals surface area contributed by atoms with Crippen molar-refractivity contribution in [2.75, 3.05) is 5.32 Å². The van der Waals surface area contributed by atoms with E-state index in [-0.39, 0.29) is 5.91 Å². The average molecular weight is 478 g/mol. The Bertz CT molecular complexity index is 866. The minimum Gasteiger partial charge on any atom is -0.618 e. The van der Waals surface area contributed by atoms with Crippen molar-refractivity contribution in [2.24, 2.45) is 0 Å². The summed E-state index contributed by atoms with van der Waals surface area (Å²) in [6, 6.07) is 6.09. The number of anilines is 1. The standard InChI is InChI=1S/C22H27IN2O2/c1-6-9-13-18-14(4)25(27)15(5)19(20(18)23)22(26)24-21-16(7-2)11-10-12-17(21)8-3/h6,9-12H,7-8,13H2,1-5H3,(H,24,26). The molecule has 144 valence electrons. The van der Waals surface area contributed by atoms with Crippen LogP contribution in [0.2, 0.25) is 0 Å².